The van der Waals surface area contributed by atoms with Crippen molar-refractivity contribution in [3.8, 4) is 0 Å². The van der Waals surface area contributed by atoms with E-state index in [1.165, 1.54) is 77.0 Å². The molecule has 0 N–H and O–H groups in total. The molecule has 0 aromatic carbocycles. The summed E-state index contributed by atoms with van der Waals surface area (Å²) in [7, 11) is 0. The van der Waals surface area contributed by atoms with Crippen molar-refractivity contribution in [3.63, 3.8) is 0 Å². The minimum atomic E-state index is -0.0394. The van der Waals surface area contributed by atoms with Gasteiger partial charge in [0.15, 0.2) is 0 Å². The molecule has 0 atom stereocenters. The predicted octanol–water partition coefficient (Wildman–Crippen LogP) is 6.40. The van der Waals surface area contributed by atoms with Crippen LogP contribution in [0.4, 0.5) is 0 Å². The number of hydrogen-bond acceptors (Lipinski definition) is 2. The summed E-state index contributed by atoms with van der Waals surface area (Å²) in [5, 5.41) is 0. The van der Waals surface area contributed by atoms with Gasteiger partial charge in [0, 0.05) is 6.42 Å². The Labute approximate surface area is 139 Å². The number of alkyl halides is 1. The molecule has 0 aliphatic carbocycles. The zero-order valence-corrected chi connectivity index (χ0v) is 15.5. The fourth-order valence-electron chi connectivity index (χ4n) is 2.42. The minimum absolute atomic E-state index is 0.0394. The number of ether oxygens (including phenoxy) is 1. The van der Waals surface area contributed by atoms with Gasteiger partial charge in [0.25, 0.3) is 0 Å². The van der Waals surface area contributed by atoms with Crippen molar-refractivity contribution in [2.24, 2.45) is 0 Å². The SMILES string of the molecule is CCCCCCCCCCCCCCCC(=O)OCI. The average molecular weight is 396 g/mol. The molecule has 0 spiro atoms. The Bertz CT molecular complexity index is 207. The number of esters is 1. The summed E-state index contributed by atoms with van der Waals surface area (Å²) in [6.45, 7) is 2.27. The van der Waals surface area contributed by atoms with Crippen LogP contribution in [0.5, 0.6) is 0 Å². The van der Waals surface area contributed by atoms with E-state index in [0.29, 0.717) is 11.0 Å². The van der Waals surface area contributed by atoms with Crippen LogP contribution in [0.1, 0.15) is 96.8 Å². The lowest BCUT2D eigenvalue weighted by molar-refractivity contribution is -0.141. The molecule has 0 heterocycles. The molecule has 0 saturated carbocycles. The number of carbonyl (C=O) groups excluding carboxylic acids is 1. The van der Waals surface area contributed by atoms with Gasteiger partial charge in [-0.3, -0.25) is 4.79 Å². The quantitative estimate of drug-likeness (QED) is 0.139. The summed E-state index contributed by atoms with van der Waals surface area (Å²) in [5.41, 5.74) is 0. The highest BCUT2D eigenvalue weighted by Crippen LogP contribution is 2.13. The lowest BCUT2D eigenvalue weighted by Crippen LogP contribution is -2.01. The third-order valence-electron chi connectivity index (χ3n) is 3.70. The molecule has 0 aliphatic heterocycles. The maximum Gasteiger partial charge on any atom is 0.306 e. The second-order valence-corrected chi connectivity index (χ2v) is 6.24. The Morgan fingerprint density at radius 1 is 0.750 bits per heavy atom. The van der Waals surface area contributed by atoms with Crippen LogP contribution in [0.25, 0.3) is 0 Å². The zero-order chi connectivity index (χ0) is 14.9. The van der Waals surface area contributed by atoms with Crippen molar-refractivity contribution in [2.75, 3.05) is 4.61 Å². The van der Waals surface area contributed by atoms with Crippen molar-refractivity contribution in [1.82, 2.24) is 0 Å². The summed E-state index contributed by atoms with van der Waals surface area (Å²) in [6.07, 6.45) is 18.0. The van der Waals surface area contributed by atoms with E-state index in [1.54, 1.807) is 0 Å². The average Bonchev–Trinajstić information content (AvgIpc) is 2.44. The monoisotopic (exact) mass is 396 g/mol. The largest absolute Gasteiger partial charge is 0.455 e. The maximum atomic E-state index is 11.1. The Hall–Kier alpha value is 0.200. The normalized spacial score (nSPS) is 10.7. The van der Waals surface area contributed by atoms with Crippen LogP contribution >= 0.6 is 22.6 Å². The van der Waals surface area contributed by atoms with Gasteiger partial charge < -0.3 is 4.74 Å². The van der Waals surface area contributed by atoms with Gasteiger partial charge in [-0.25, -0.2) is 0 Å². The first-order valence-electron chi connectivity index (χ1n) is 8.52. The molecule has 0 fully saturated rings. The molecule has 0 aromatic rings. The van der Waals surface area contributed by atoms with Gasteiger partial charge in [-0.1, -0.05) is 84.0 Å². The number of hydrogen-bond donors (Lipinski definition) is 0. The van der Waals surface area contributed by atoms with Gasteiger partial charge in [-0.05, 0) is 29.0 Å². The third-order valence-corrected chi connectivity index (χ3v) is 4.01. The molecule has 2 nitrogen and oxygen atoms in total. The fraction of sp³-hybridized carbons (Fsp3) is 0.941. The first-order valence-corrected chi connectivity index (χ1v) is 10.1. The molecule has 0 aromatic heterocycles. The smallest absolute Gasteiger partial charge is 0.306 e. The maximum absolute atomic E-state index is 11.1. The topological polar surface area (TPSA) is 26.3 Å². The van der Waals surface area contributed by atoms with E-state index < -0.39 is 0 Å². The van der Waals surface area contributed by atoms with Crippen LogP contribution < -0.4 is 0 Å². The molecule has 20 heavy (non-hydrogen) atoms. The van der Waals surface area contributed by atoms with Crippen molar-refractivity contribution in [2.45, 2.75) is 96.8 Å². The van der Waals surface area contributed by atoms with Crippen molar-refractivity contribution in [1.29, 1.82) is 0 Å². The van der Waals surface area contributed by atoms with E-state index in [-0.39, 0.29) is 5.97 Å². The van der Waals surface area contributed by atoms with Crippen molar-refractivity contribution >= 4 is 28.6 Å². The zero-order valence-electron chi connectivity index (χ0n) is 13.3. The van der Waals surface area contributed by atoms with Crippen LogP contribution in [0, 0.1) is 0 Å². The molecule has 0 bridgehead atoms. The summed E-state index contributed by atoms with van der Waals surface area (Å²) >= 11 is 2.06. The van der Waals surface area contributed by atoms with Gasteiger partial charge in [-0.15, -0.1) is 0 Å². The molecule has 120 valence electrons. The second kappa shape index (κ2) is 17.3. The van der Waals surface area contributed by atoms with Gasteiger partial charge in [0.2, 0.25) is 0 Å². The molecule has 3 heteroatoms. The van der Waals surface area contributed by atoms with Gasteiger partial charge in [0.05, 0.1) is 0 Å². The van der Waals surface area contributed by atoms with Gasteiger partial charge in [-0.2, -0.15) is 0 Å². The first-order chi connectivity index (χ1) is 9.81. The van der Waals surface area contributed by atoms with Crippen molar-refractivity contribution < 1.29 is 9.53 Å². The Balaban J connectivity index is 3.01. The van der Waals surface area contributed by atoms with Crippen LogP contribution in [0.3, 0.4) is 0 Å². The lowest BCUT2D eigenvalue weighted by Gasteiger charge is -2.03. The fourth-order valence-corrected chi connectivity index (χ4v) is 2.77. The molecule has 0 aliphatic rings. The number of halogens is 1. The Morgan fingerprint density at radius 3 is 1.55 bits per heavy atom. The number of unbranched alkanes of at least 4 members (excludes halogenated alkanes) is 12. The molecule has 0 amide bonds. The van der Waals surface area contributed by atoms with E-state index >= 15 is 0 Å². The van der Waals surface area contributed by atoms with Crippen LogP contribution in [-0.2, 0) is 9.53 Å². The van der Waals surface area contributed by atoms with Crippen LogP contribution in [-0.4, -0.2) is 10.6 Å². The highest BCUT2D eigenvalue weighted by molar-refractivity contribution is 14.1. The summed E-state index contributed by atoms with van der Waals surface area (Å²) in [4.78, 5) is 11.1. The molecular formula is C17H33IO2. The third kappa shape index (κ3) is 16.3. The molecule has 0 radical (unpaired) electrons. The molecule has 0 saturated heterocycles. The molecule has 0 rings (SSSR count). The predicted molar refractivity (Wildman–Crippen MR) is 95.3 cm³/mol. The molecule has 0 unspecified atom stereocenters. The summed E-state index contributed by atoms with van der Waals surface area (Å²) in [5.74, 6) is -0.0394. The van der Waals surface area contributed by atoms with Gasteiger partial charge >= 0.3 is 5.97 Å². The standard InChI is InChI=1S/C17H33IO2/c1-2-3-4-5-6-7-8-9-10-11-12-13-14-15-17(19)20-16-18/h2-16H2,1H3. The van der Waals surface area contributed by atoms with Crippen LogP contribution in [0.2, 0.25) is 0 Å². The van der Waals surface area contributed by atoms with Crippen molar-refractivity contribution in [3.05, 3.63) is 0 Å². The van der Waals surface area contributed by atoms with E-state index in [1.807, 2.05) is 0 Å². The number of rotatable bonds is 15. The van der Waals surface area contributed by atoms with E-state index in [4.69, 9.17) is 4.74 Å². The number of carbonyl (C=O) groups is 1. The molecular weight excluding hydrogens is 363 g/mol. The summed E-state index contributed by atoms with van der Waals surface area (Å²) in [6, 6.07) is 0. The highest BCUT2D eigenvalue weighted by atomic mass is 127. The van der Waals surface area contributed by atoms with Crippen LogP contribution in [0.15, 0.2) is 0 Å². The van der Waals surface area contributed by atoms with E-state index in [0.717, 1.165) is 6.42 Å². The highest BCUT2D eigenvalue weighted by Gasteiger charge is 2.00. The minimum Gasteiger partial charge on any atom is -0.455 e. The second-order valence-electron chi connectivity index (χ2n) is 5.62. The Kier molecular flexibility index (Phi) is 17.4. The first kappa shape index (κ1) is 20.2. The Morgan fingerprint density at radius 2 is 1.15 bits per heavy atom. The van der Waals surface area contributed by atoms with E-state index in [2.05, 4.69) is 29.5 Å². The van der Waals surface area contributed by atoms with Gasteiger partial charge in [0.1, 0.15) is 4.61 Å². The lowest BCUT2D eigenvalue weighted by atomic mass is 10.0. The van der Waals surface area contributed by atoms with E-state index in [9.17, 15) is 4.79 Å². The summed E-state index contributed by atoms with van der Waals surface area (Å²) < 4.78 is 5.38.